The molecular weight excluding hydrogens is 244 g/mol. The SMILES string of the molecule is C.CCCCCCNCCCCCCCCCCCN.[HH].[HH]. The molecule has 0 aromatic carbocycles. The predicted octanol–water partition coefficient (Wildman–Crippen LogP) is 5.75. The molecule has 0 aliphatic heterocycles. The van der Waals surface area contributed by atoms with E-state index in [1.807, 2.05) is 0 Å². The average molecular weight is 291 g/mol. The van der Waals surface area contributed by atoms with Crippen LogP contribution in [0.3, 0.4) is 0 Å². The number of hydrogen-bond donors (Lipinski definition) is 2. The topological polar surface area (TPSA) is 38.0 Å². The van der Waals surface area contributed by atoms with Gasteiger partial charge in [-0.25, -0.2) is 0 Å². The molecule has 0 aliphatic rings. The first kappa shape index (κ1) is 22.2. The van der Waals surface area contributed by atoms with Crippen molar-refractivity contribution < 1.29 is 2.85 Å². The Morgan fingerprint density at radius 1 is 0.650 bits per heavy atom. The van der Waals surface area contributed by atoms with E-state index in [1.165, 1.54) is 96.6 Å². The van der Waals surface area contributed by atoms with Gasteiger partial charge in [0, 0.05) is 2.85 Å². The minimum Gasteiger partial charge on any atom is -0.330 e. The summed E-state index contributed by atoms with van der Waals surface area (Å²) in [5, 5.41) is 3.56. The van der Waals surface area contributed by atoms with Crippen LogP contribution in [0.25, 0.3) is 0 Å². The molecule has 2 heteroatoms. The minimum atomic E-state index is 0. The first-order valence-electron chi connectivity index (χ1n) is 8.82. The highest BCUT2D eigenvalue weighted by Gasteiger charge is 1.93. The predicted molar refractivity (Wildman–Crippen MR) is 98.6 cm³/mol. The average Bonchev–Trinajstić information content (AvgIpc) is 2.43. The molecule has 2 nitrogen and oxygen atoms in total. The van der Waals surface area contributed by atoms with Gasteiger partial charge in [0.05, 0.1) is 0 Å². The summed E-state index contributed by atoms with van der Waals surface area (Å²) in [6.45, 7) is 5.58. The minimum absolute atomic E-state index is 0. The van der Waals surface area contributed by atoms with Gasteiger partial charge in [0.2, 0.25) is 0 Å². The summed E-state index contributed by atoms with van der Waals surface area (Å²) in [4.78, 5) is 0. The second kappa shape index (κ2) is 21.2. The van der Waals surface area contributed by atoms with Gasteiger partial charge in [-0.1, -0.05) is 78.6 Å². The third-order valence-corrected chi connectivity index (χ3v) is 3.76. The summed E-state index contributed by atoms with van der Waals surface area (Å²) < 4.78 is 0. The first-order chi connectivity index (χ1) is 9.41. The summed E-state index contributed by atoms with van der Waals surface area (Å²) in [7, 11) is 0. The van der Waals surface area contributed by atoms with Crippen molar-refractivity contribution in [3.8, 4) is 0 Å². The zero-order chi connectivity index (χ0) is 14.0. The highest BCUT2D eigenvalue weighted by Crippen LogP contribution is 2.09. The lowest BCUT2D eigenvalue weighted by atomic mass is 10.1. The molecule has 0 radical (unpaired) electrons. The Morgan fingerprint density at radius 3 is 1.50 bits per heavy atom. The van der Waals surface area contributed by atoms with Crippen molar-refractivity contribution in [2.45, 2.75) is 97.8 Å². The molecule has 0 atom stereocenters. The number of nitrogens with one attached hydrogen (secondary N) is 1. The quantitative estimate of drug-likeness (QED) is 0.355. The second-order valence-electron chi connectivity index (χ2n) is 5.78. The van der Waals surface area contributed by atoms with Crippen LogP contribution in [-0.2, 0) is 0 Å². The van der Waals surface area contributed by atoms with E-state index in [-0.39, 0.29) is 10.3 Å². The maximum atomic E-state index is 5.48. The van der Waals surface area contributed by atoms with Crippen LogP contribution in [0, 0.1) is 0 Å². The molecule has 0 aliphatic carbocycles. The van der Waals surface area contributed by atoms with Gasteiger partial charge in [0.1, 0.15) is 0 Å². The lowest BCUT2D eigenvalue weighted by Gasteiger charge is -2.05. The molecular formula is C18H46N2. The van der Waals surface area contributed by atoms with Gasteiger partial charge in [-0.2, -0.15) is 0 Å². The molecule has 0 fully saturated rings. The van der Waals surface area contributed by atoms with Crippen molar-refractivity contribution in [1.82, 2.24) is 5.32 Å². The maximum absolute atomic E-state index is 5.48. The summed E-state index contributed by atoms with van der Waals surface area (Å²) >= 11 is 0. The Balaban J connectivity index is -0.000000540. The first-order valence-corrected chi connectivity index (χ1v) is 8.82. The van der Waals surface area contributed by atoms with Gasteiger partial charge in [-0.3, -0.25) is 0 Å². The van der Waals surface area contributed by atoms with Crippen LogP contribution in [0.15, 0.2) is 0 Å². The third-order valence-electron chi connectivity index (χ3n) is 3.76. The molecule has 3 N–H and O–H groups in total. The Kier molecular flexibility index (Phi) is 23.6. The van der Waals surface area contributed by atoms with Crippen molar-refractivity contribution in [1.29, 1.82) is 0 Å². The van der Waals surface area contributed by atoms with E-state index in [2.05, 4.69) is 12.2 Å². The monoisotopic (exact) mass is 290 g/mol. The standard InChI is InChI=1S/C17H38N2.CH4.2H2/c1-2-3-4-13-16-19-17-14-11-9-7-5-6-8-10-12-15-18;;;/h19H,2-18H2,1H3;1H4;2*1H. The number of unbranched alkanes of at least 4 members (excludes halogenated alkanes) is 11. The van der Waals surface area contributed by atoms with Gasteiger partial charge in [0.25, 0.3) is 0 Å². The Bertz CT molecular complexity index is 142. The molecule has 0 heterocycles. The third kappa shape index (κ3) is 20.2. The van der Waals surface area contributed by atoms with Gasteiger partial charge >= 0.3 is 0 Å². The van der Waals surface area contributed by atoms with Gasteiger partial charge in [-0.05, 0) is 38.9 Å². The Hall–Kier alpha value is -0.0800. The molecule has 0 saturated heterocycles. The molecule has 20 heavy (non-hydrogen) atoms. The molecule has 0 spiro atoms. The summed E-state index contributed by atoms with van der Waals surface area (Å²) in [6.07, 6.45) is 17.9. The fourth-order valence-electron chi connectivity index (χ4n) is 2.43. The number of rotatable bonds is 16. The lowest BCUT2D eigenvalue weighted by Crippen LogP contribution is -2.16. The zero-order valence-electron chi connectivity index (χ0n) is 13.4. The molecule has 0 unspecified atom stereocenters. The molecule has 0 saturated carbocycles. The zero-order valence-corrected chi connectivity index (χ0v) is 13.4. The normalized spacial score (nSPS) is 10.5. The fourth-order valence-corrected chi connectivity index (χ4v) is 2.43. The summed E-state index contributed by atoms with van der Waals surface area (Å²) in [6, 6.07) is 0. The van der Waals surface area contributed by atoms with Crippen molar-refractivity contribution in [2.24, 2.45) is 5.73 Å². The number of nitrogens with two attached hydrogens (primary N) is 1. The van der Waals surface area contributed by atoms with Crippen LogP contribution >= 0.6 is 0 Å². The van der Waals surface area contributed by atoms with Crippen molar-refractivity contribution in [3.05, 3.63) is 0 Å². The van der Waals surface area contributed by atoms with Crippen molar-refractivity contribution >= 4 is 0 Å². The van der Waals surface area contributed by atoms with Gasteiger partial charge < -0.3 is 11.1 Å². The molecule has 0 amide bonds. The second-order valence-corrected chi connectivity index (χ2v) is 5.78. The molecule has 0 aromatic rings. The van der Waals surface area contributed by atoms with Crippen molar-refractivity contribution in [3.63, 3.8) is 0 Å². The Labute approximate surface area is 132 Å². The van der Waals surface area contributed by atoms with Crippen LogP contribution in [0.2, 0.25) is 0 Å². The summed E-state index contributed by atoms with van der Waals surface area (Å²) in [5.41, 5.74) is 5.48. The van der Waals surface area contributed by atoms with E-state index in [0.29, 0.717) is 0 Å². The molecule has 0 rings (SSSR count). The van der Waals surface area contributed by atoms with Gasteiger partial charge in [-0.15, -0.1) is 0 Å². The summed E-state index contributed by atoms with van der Waals surface area (Å²) in [5.74, 6) is 0. The van der Waals surface area contributed by atoms with Crippen LogP contribution in [0.5, 0.6) is 0 Å². The molecule has 0 aromatic heterocycles. The van der Waals surface area contributed by atoms with E-state index >= 15 is 0 Å². The Morgan fingerprint density at radius 2 is 1.05 bits per heavy atom. The smallest absolute Gasteiger partial charge is 0 e. The maximum Gasteiger partial charge on any atom is 0 e. The molecule has 0 bridgehead atoms. The highest BCUT2D eigenvalue weighted by molar-refractivity contribution is 4.51. The van der Waals surface area contributed by atoms with Crippen molar-refractivity contribution in [2.75, 3.05) is 19.6 Å². The van der Waals surface area contributed by atoms with Crippen LogP contribution in [0.1, 0.15) is 101 Å². The number of hydrogen-bond acceptors (Lipinski definition) is 2. The van der Waals surface area contributed by atoms with E-state index in [4.69, 9.17) is 5.73 Å². The largest absolute Gasteiger partial charge is 0.330 e. The van der Waals surface area contributed by atoms with E-state index in [9.17, 15) is 0 Å². The highest BCUT2D eigenvalue weighted by atomic mass is 14.8. The van der Waals surface area contributed by atoms with E-state index < -0.39 is 0 Å². The van der Waals surface area contributed by atoms with Crippen LogP contribution in [-0.4, -0.2) is 19.6 Å². The van der Waals surface area contributed by atoms with Crippen LogP contribution in [0.4, 0.5) is 0 Å². The lowest BCUT2D eigenvalue weighted by molar-refractivity contribution is 0.537. The van der Waals surface area contributed by atoms with E-state index in [1.54, 1.807) is 0 Å². The molecule has 128 valence electrons. The van der Waals surface area contributed by atoms with Gasteiger partial charge in [0.15, 0.2) is 0 Å². The fraction of sp³-hybridized carbons (Fsp3) is 1.00. The van der Waals surface area contributed by atoms with Crippen LogP contribution < -0.4 is 11.1 Å². The van der Waals surface area contributed by atoms with E-state index in [0.717, 1.165) is 6.54 Å².